The Morgan fingerprint density at radius 1 is 1.14 bits per heavy atom. The Hall–Kier alpha value is -2.36. The van der Waals surface area contributed by atoms with E-state index in [-0.39, 0.29) is 12.2 Å². The third-order valence-corrected chi connectivity index (χ3v) is 3.07. The van der Waals surface area contributed by atoms with E-state index >= 15 is 0 Å². The van der Waals surface area contributed by atoms with Gasteiger partial charge in [-0.3, -0.25) is 0 Å². The molecule has 2 aromatic rings. The van der Waals surface area contributed by atoms with E-state index in [0.29, 0.717) is 11.3 Å². The van der Waals surface area contributed by atoms with Crippen molar-refractivity contribution < 1.29 is 19.0 Å². The lowest BCUT2D eigenvalue weighted by Crippen LogP contribution is -2.02. The predicted molar refractivity (Wildman–Crippen MR) is 78.1 cm³/mol. The molecule has 2 aromatic carbocycles. The number of benzene rings is 2. The van der Waals surface area contributed by atoms with Crippen LogP contribution in [0.25, 0.3) is 0 Å². The van der Waals surface area contributed by atoms with Crippen LogP contribution in [0.3, 0.4) is 0 Å². The monoisotopic (exact) mass is 288 g/mol. The largest absolute Gasteiger partial charge is 0.489 e. The molecule has 0 atom stereocenters. The number of carbonyl (C=O) groups is 1. The zero-order chi connectivity index (χ0) is 15.2. The van der Waals surface area contributed by atoms with Crippen molar-refractivity contribution in [3.8, 4) is 5.75 Å². The second-order valence-corrected chi connectivity index (χ2v) is 4.84. The molecule has 2 rings (SSSR count). The van der Waals surface area contributed by atoms with E-state index < -0.39 is 11.8 Å². The summed E-state index contributed by atoms with van der Waals surface area (Å²) in [6, 6.07) is 11.4. The molecule has 0 aliphatic rings. The molecule has 0 aliphatic carbocycles. The minimum Gasteiger partial charge on any atom is -0.489 e. The van der Waals surface area contributed by atoms with Crippen LogP contribution in [0, 0.1) is 5.82 Å². The van der Waals surface area contributed by atoms with Crippen LogP contribution in [0.1, 0.15) is 34.8 Å². The molecule has 0 heterocycles. The maximum Gasteiger partial charge on any atom is 0.335 e. The van der Waals surface area contributed by atoms with Gasteiger partial charge in [0.05, 0.1) is 5.56 Å². The Balaban J connectivity index is 2.04. The van der Waals surface area contributed by atoms with E-state index in [4.69, 9.17) is 9.84 Å². The first kappa shape index (κ1) is 15.0. The summed E-state index contributed by atoms with van der Waals surface area (Å²) in [6.45, 7) is 2.25. The standard InChI is InChI=1S/C17H17FO3/c1-2-3-12-4-6-16(7-5-12)21-11-13-8-14(17(19)20)10-15(18)9-13/h4-10H,2-3,11H2,1H3,(H,19,20). The second kappa shape index (κ2) is 6.88. The van der Waals surface area contributed by atoms with Crippen molar-refractivity contribution in [2.45, 2.75) is 26.4 Å². The summed E-state index contributed by atoms with van der Waals surface area (Å²) in [6.07, 6.45) is 2.10. The number of aromatic carboxylic acids is 1. The fourth-order valence-electron chi connectivity index (χ4n) is 2.06. The SMILES string of the molecule is CCCc1ccc(OCc2cc(F)cc(C(=O)O)c2)cc1. The van der Waals surface area contributed by atoms with Gasteiger partial charge >= 0.3 is 5.97 Å². The first-order chi connectivity index (χ1) is 10.1. The quantitative estimate of drug-likeness (QED) is 0.872. The molecule has 0 spiro atoms. The number of aryl methyl sites for hydroxylation is 1. The summed E-state index contributed by atoms with van der Waals surface area (Å²) < 4.78 is 18.9. The topological polar surface area (TPSA) is 46.5 Å². The fraction of sp³-hybridized carbons (Fsp3) is 0.235. The van der Waals surface area contributed by atoms with Crippen molar-refractivity contribution in [2.24, 2.45) is 0 Å². The molecule has 110 valence electrons. The molecule has 4 heteroatoms. The van der Waals surface area contributed by atoms with Gasteiger partial charge in [0.2, 0.25) is 0 Å². The summed E-state index contributed by atoms with van der Waals surface area (Å²) in [7, 11) is 0. The van der Waals surface area contributed by atoms with Gasteiger partial charge in [-0.15, -0.1) is 0 Å². The third kappa shape index (κ3) is 4.31. The van der Waals surface area contributed by atoms with Gasteiger partial charge in [-0.1, -0.05) is 25.5 Å². The van der Waals surface area contributed by atoms with Gasteiger partial charge in [0.1, 0.15) is 18.2 Å². The Kier molecular flexibility index (Phi) is 4.93. The van der Waals surface area contributed by atoms with Crippen molar-refractivity contribution in [3.05, 3.63) is 65.0 Å². The van der Waals surface area contributed by atoms with Crippen LogP contribution in [0.2, 0.25) is 0 Å². The maximum absolute atomic E-state index is 13.3. The normalized spacial score (nSPS) is 10.4. The molecule has 0 unspecified atom stereocenters. The number of halogens is 1. The van der Waals surface area contributed by atoms with Gasteiger partial charge in [-0.2, -0.15) is 0 Å². The van der Waals surface area contributed by atoms with Crippen LogP contribution in [-0.2, 0) is 13.0 Å². The number of carboxylic acid groups (broad SMARTS) is 1. The molecular formula is C17H17FO3. The van der Waals surface area contributed by atoms with Crippen molar-refractivity contribution in [2.75, 3.05) is 0 Å². The van der Waals surface area contributed by atoms with E-state index in [1.54, 1.807) is 0 Å². The van der Waals surface area contributed by atoms with E-state index in [1.165, 1.54) is 17.7 Å². The van der Waals surface area contributed by atoms with Gasteiger partial charge < -0.3 is 9.84 Å². The fourth-order valence-corrected chi connectivity index (χ4v) is 2.06. The lowest BCUT2D eigenvalue weighted by Gasteiger charge is -2.08. The molecule has 0 amide bonds. The summed E-state index contributed by atoms with van der Waals surface area (Å²) in [5, 5.41) is 8.89. The molecular weight excluding hydrogens is 271 g/mol. The van der Waals surface area contributed by atoms with Crippen LogP contribution in [0.15, 0.2) is 42.5 Å². The highest BCUT2D eigenvalue weighted by Gasteiger charge is 2.07. The molecule has 0 aliphatic heterocycles. The Morgan fingerprint density at radius 3 is 2.48 bits per heavy atom. The molecule has 0 saturated heterocycles. The highest BCUT2D eigenvalue weighted by Crippen LogP contribution is 2.16. The highest BCUT2D eigenvalue weighted by molar-refractivity contribution is 5.87. The number of hydrogen-bond donors (Lipinski definition) is 1. The average molecular weight is 288 g/mol. The number of carboxylic acids is 1. The van der Waals surface area contributed by atoms with Crippen molar-refractivity contribution in [1.29, 1.82) is 0 Å². The zero-order valence-electron chi connectivity index (χ0n) is 11.8. The summed E-state index contributed by atoms with van der Waals surface area (Å²) in [5.41, 5.74) is 1.65. The van der Waals surface area contributed by atoms with Crippen LogP contribution in [0.4, 0.5) is 4.39 Å². The lowest BCUT2D eigenvalue weighted by molar-refractivity contribution is 0.0696. The zero-order valence-corrected chi connectivity index (χ0v) is 11.8. The highest BCUT2D eigenvalue weighted by atomic mass is 19.1. The van der Waals surface area contributed by atoms with E-state index in [9.17, 15) is 9.18 Å². The first-order valence-corrected chi connectivity index (χ1v) is 6.83. The summed E-state index contributed by atoms with van der Waals surface area (Å²) in [5.74, 6) is -1.05. The number of hydrogen-bond acceptors (Lipinski definition) is 2. The predicted octanol–water partition coefficient (Wildman–Crippen LogP) is 4.06. The van der Waals surface area contributed by atoms with E-state index in [2.05, 4.69) is 6.92 Å². The Bertz CT molecular complexity index is 620. The lowest BCUT2D eigenvalue weighted by atomic mass is 10.1. The molecule has 1 N–H and O–H groups in total. The van der Waals surface area contributed by atoms with Gasteiger partial charge in [0.25, 0.3) is 0 Å². The average Bonchev–Trinajstić information content (AvgIpc) is 2.46. The van der Waals surface area contributed by atoms with Gasteiger partial charge in [0, 0.05) is 0 Å². The van der Waals surface area contributed by atoms with Gasteiger partial charge in [-0.25, -0.2) is 9.18 Å². The van der Waals surface area contributed by atoms with E-state index in [1.807, 2.05) is 24.3 Å². The molecule has 0 aromatic heterocycles. The van der Waals surface area contributed by atoms with Crippen molar-refractivity contribution in [3.63, 3.8) is 0 Å². The minimum atomic E-state index is -1.15. The smallest absolute Gasteiger partial charge is 0.335 e. The van der Waals surface area contributed by atoms with Gasteiger partial charge in [0.15, 0.2) is 0 Å². The van der Waals surface area contributed by atoms with Crippen LogP contribution in [0.5, 0.6) is 5.75 Å². The third-order valence-electron chi connectivity index (χ3n) is 3.07. The number of rotatable bonds is 6. The van der Waals surface area contributed by atoms with E-state index in [0.717, 1.165) is 18.9 Å². The number of ether oxygens (including phenoxy) is 1. The summed E-state index contributed by atoms with van der Waals surface area (Å²) >= 11 is 0. The molecule has 0 fully saturated rings. The minimum absolute atomic E-state index is 0.0770. The van der Waals surface area contributed by atoms with Crippen LogP contribution in [-0.4, -0.2) is 11.1 Å². The molecule has 0 radical (unpaired) electrons. The molecule has 0 bridgehead atoms. The Labute approximate surface area is 123 Å². The first-order valence-electron chi connectivity index (χ1n) is 6.83. The molecule has 3 nitrogen and oxygen atoms in total. The molecule has 21 heavy (non-hydrogen) atoms. The Morgan fingerprint density at radius 2 is 1.86 bits per heavy atom. The molecule has 0 saturated carbocycles. The van der Waals surface area contributed by atoms with Crippen LogP contribution >= 0.6 is 0 Å². The van der Waals surface area contributed by atoms with Crippen LogP contribution < -0.4 is 4.74 Å². The van der Waals surface area contributed by atoms with Crippen molar-refractivity contribution in [1.82, 2.24) is 0 Å². The van der Waals surface area contributed by atoms with Gasteiger partial charge in [-0.05, 0) is 47.9 Å². The maximum atomic E-state index is 13.3. The van der Waals surface area contributed by atoms with Crippen molar-refractivity contribution >= 4 is 5.97 Å². The second-order valence-electron chi connectivity index (χ2n) is 4.84. The summed E-state index contributed by atoms with van der Waals surface area (Å²) in [4.78, 5) is 10.9.